The van der Waals surface area contributed by atoms with Crippen molar-refractivity contribution in [2.24, 2.45) is 17.8 Å². The highest BCUT2D eigenvalue weighted by molar-refractivity contribution is 5.88. The average Bonchev–Trinajstić information content (AvgIpc) is 2.92. The second kappa shape index (κ2) is 10.2. The Hall–Kier alpha value is -2.97. The molecule has 1 aliphatic rings. The van der Waals surface area contributed by atoms with Crippen LogP contribution in [0.25, 0.3) is 0 Å². The Morgan fingerprint density at radius 2 is 1.83 bits per heavy atom. The van der Waals surface area contributed by atoms with Crippen LogP contribution in [0, 0.1) is 27.9 Å². The van der Waals surface area contributed by atoms with Gasteiger partial charge in [0.1, 0.15) is 5.78 Å². The van der Waals surface area contributed by atoms with Crippen molar-refractivity contribution >= 4 is 23.3 Å². The lowest BCUT2D eigenvalue weighted by Crippen LogP contribution is -2.32. The van der Waals surface area contributed by atoms with Gasteiger partial charge in [-0.2, -0.15) is 0 Å². The average molecular weight is 419 g/mol. The Kier molecular flexibility index (Phi) is 7.91. The first-order valence-corrected chi connectivity index (χ1v) is 9.88. The zero-order valence-electron chi connectivity index (χ0n) is 17.9. The smallest absolute Gasteiger partial charge is 0.307 e. The van der Waals surface area contributed by atoms with Gasteiger partial charge in [0.15, 0.2) is 6.61 Å². The number of benzene rings is 1. The number of amides is 1. The zero-order chi connectivity index (χ0) is 22.4. The van der Waals surface area contributed by atoms with Gasteiger partial charge in [-0.15, -0.1) is 0 Å². The molecule has 0 aromatic heterocycles. The third kappa shape index (κ3) is 6.27. The third-order valence-electron chi connectivity index (χ3n) is 5.59. The van der Waals surface area contributed by atoms with E-state index in [1.165, 1.54) is 4.90 Å². The number of nitrogens with zero attached hydrogens (tertiary/aromatic N) is 3. The third-order valence-corrected chi connectivity index (χ3v) is 5.59. The number of Topliss-reactive ketones (excluding diaryl/α,β-unsaturated/α-hetero) is 1. The number of rotatable bonds is 9. The molecule has 1 fully saturated rings. The number of hydrogen-bond donors (Lipinski definition) is 0. The highest BCUT2D eigenvalue weighted by Crippen LogP contribution is 2.36. The van der Waals surface area contributed by atoms with Crippen molar-refractivity contribution in [1.29, 1.82) is 0 Å². The highest BCUT2D eigenvalue weighted by Gasteiger charge is 2.44. The summed E-state index contributed by atoms with van der Waals surface area (Å²) in [6.07, 6.45) is -0.00456. The van der Waals surface area contributed by atoms with Crippen LogP contribution >= 0.6 is 0 Å². The Morgan fingerprint density at radius 3 is 2.40 bits per heavy atom. The molecule has 164 valence electrons. The summed E-state index contributed by atoms with van der Waals surface area (Å²) in [5, 5.41) is 10.9. The number of esters is 1. The molecule has 30 heavy (non-hydrogen) atoms. The van der Waals surface area contributed by atoms with Crippen molar-refractivity contribution < 1.29 is 24.0 Å². The summed E-state index contributed by atoms with van der Waals surface area (Å²) in [5.41, 5.74) is 1.99. The van der Waals surface area contributed by atoms with E-state index in [9.17, 15) is 24.5 Å². The van der Waals surface area contributed by atoms with Crippen LogP contribution in [0.1, 0.15) is 25.3 Å². The van der Waals surface area contributed by atoms with Gasteiger partial charge in [0, 0.05) is 56.6 Å². The molecule has 1 aromatic carbocycles. The molecular weight excluding hydrogens is 390 g/mol. The van der Waals surface area contributed by atoms with Crippen LogP contribution in [-0.4, -0.2) is 61.8 Å². The Labute approximate surface area is 176 Å². The first-order chi connectivity index (χ1) is 14.1. The molecule has 0 saturated heterocycles. The molecule has 0 aliphatic heterocycles. The van der Waals surface area contributed by atoms with Crippen LogP contribution in [0.2, 0.25) is 0 Å². The summed E-state index contributed by atoms with van der Waals surface area (Å²) < 4.78 is 5.05. The minimum absolute atomic E-state index is 0.146. The fourth-order valence-corrected chi connectivity index (χ4v) is 3.75. The number of ketones is 1. The predicted octanol–water partition coefficient (Wildman–Crippen LogP) is 1.76. The SMILES string of the molecule is C[C@@H]1CC(=O)[C@H](CC(=O)OCC(=O)N(C)Cc2ccc(N(C)C)cc2)[C@@H]1C[N+](=O)[O-]. The molecule has 1 amide bonds. The van der Waals surface area contributed by atoms with Gasteiger partial charge in [0.25, 0.3) is 5.91 Å². The maximum Gasteiger partial charge on any atom is 0.307 e. The molecule has 0 radical (unpaired) electrons. The van der Waals surface area contributed by atoms with Gasteiger partial charge in [-0.3, -0.25) is 24.5 Å². The number of ether oxygens (including phenoxy) is 1. The molecule has 0 heterocycles. The lowest BCUT2D eigenvalue weighted by Gasteiger charge is -2.19. The second-order valence-electron chi connectivity index (χ2n) is 8.11. The van der Waals surface area contributed by atoms with Crippen LogP contribution in [0.4, 0.5) is 5.69 Å². The Balaban J connectivity index is 1.83. The fourth-order valence-electron chi connectivity index (χ4n) is 3.75. The van der Waals surface area contributed by atoms with E-state index in [1.807, 2.05) is 43.3 Å². The summed E-state index contributed by atoms with van der Waals surface area (Å²) in [7, 11) is 5.50. The summed E-state index contributed by atoms with van der Waals surface area (Å²) in [6, 6.07) is 7.75. The van der Waals surface area contributed by atoms with E-state index in [2.05, 4.69) is 0 Å². The van der Waals surface area contributed by atoms with Crippen molar-refractivity contribution in [2.45, 2.75) is 26.3 Å². The normalized spacial score (nSPS) is 20.7. The number of likely N-dealkylation sites (N-methyl/N-ethyl adjacent to an activating group) is 1. The lowest BCUT2D eigenvalue weighted by atomic mass is 9.88. The maximum atomic E-state index is 12.3. The molecule has 2 rings (SSSR count). The molecule has 9 heteroatoms. The van der Waals surface area contributed by atoms with Gasteiger partial charge in [-0.25, -0.2) is 0 Å². The van der Waals surface area contributed by atoms with Gasteiger partial charge in [0.05, 0.1) is 6.42 Å². The van der Waals surface area contributed by atoms with E-state index >= 15 is 0 Å². The molecule has 1 aliphatic carbocycles. The monoisotopic (exact) mass is 419 g/mol. The van der Waals surface area contributed by atoms with Crippen molar-refractivity contribution in [3.63, 3.8) is 0 Å². The first-order valence-electron chi connectivity index (χ1n) is 9.88. The largest absolute Gasteiger partial charge is 0.456 e. The van der Waals surface area contributed by atoms with Gasteiger partial charge in [-0.05, 0) is 23.6 Å². The molecule has 9 nitrogen and oxygen atoms in total. The summed E-state index contributed by atoms with van der Waals surface area (Å²) in [6.45, 7) is 1.37. The molecule has 0 bridgehead atoms. The van der Waals surface area contributed by atoms with Crippen LogP contribution in [0.5, 0.6) is 0 Å². The van der Waals surface area contributed by atoms with E-state index in [1.54, 1.807) is 14.0 Å². The minimum atomic E-state index is -0.721. The first kappa shape index (κ1) is 23.3. The zero-order valence-corrected chi connectivity index (χ0v) is 17.9. The number of carbonyl (C=O) groups is 3. The van der Waals surface area contributed by atoms with E-state index in [0.717, 1.165) is 11.3 Å². The maximum absolute atomic E-state index is 12.3. The minimum Gasteiger partial charge on any atom is -0.456 e. The standard InChI is InChI=1S/C21H29N3O6/c1-14-9-19(25)17(18(14)12-24(28)29)10-21(27)30-13-20(26)23(4)11-15-5-7-16(8-6-15)22(2)3/h5-8,14,17-18H,9-13H2,1-4H3/t14-,17-,18-/m1/s1. The van der Waals surface area contributed by atoms with E-state index in [-0.39, 0.29) is 37.0 Å². The molecule has 0 N–H and O–H groups in total. The molecular formula is C21H29N3O6. The molecule has 0 spiro atoms. The molecule has 3 atom stereocenters. The van der Waals surface area contributed by atoms with Crippen molar-refractivity contribution in [3.8, 4) is 0 Å². The Morgan fingerprint density at radius 1 is 1.20 bits per heavy atom. The van der Waals surface area contributed by atoms with E-state index in [4.69, 9.17) is 4.74 Å². The summed E-state index contributed by atoms with van der Waals surface area (Å²) in [4.78, 5) is 50.4. The van der Waals surface area contributed by atoms with Crippen LogP contribution in [0.15, 0.2) is 24.3 Å². The number of hydrogen-bond acceptors (Lipinski definition) is 7. The van der Waals surface area contributed by atoms with Crippen molar-refractivity contribution in [3.05, 3.63) is 39.9 Å². The highest BCUT2D eigenvalue weighted by atomic mass is 16.6. The van der Waals surface area contributed by atoms with Gasteiger partial charge in [-0.1, -0.05) is 19.1 Å². The number of anilines is 1. The fraction of sp³-hybridized carbons (Fsp3) is 0.571. The van der Waals surface area contributed by atoms with Gasteiger partial charge in [0.2, 0.25) is 6.54 Å². The molecule has 1 saturated carbocycles. The topological polar surface area (TPSA) is 110 Å². The lowest BCUT2D eigenvalue weighted by molar-refractivity contribution is -0.490. The summed E-state index contributed by atoms with van der Waals surface area (Å²) >= 11 is 0. The Bertz CT molecular complexity index is 792. The van der Waals surface area contributed by atoms with Crippen molar-refractivity contribution in [1.82, 2.24) is 4.90 Å². The van der Waals surface area contributed by atoms with Crippen molar-refractivity contribution in [2.75, 3.05) is 39.2 Å². The van der Waals surface area contributed by atoms with Gasteiger partial charge >= 0.3 is 5.97 Å². The summed E-state index contributed by atoms with van der Waals surface area (Å²) in [5.74, 6) is -2.56. The van der Waals surface area contributed by atoms with Crippen LogP contribution in [-0.2, 0) is 25.7 Å². The number of nitro groups is 1. The second-order valence-corrected chi connectivity index (χ2v) is 8.11. The van der Waals surface area contributed by atoms with Crippen LogP contribution < -0.4 is 4.90 Å². The molecule has 1 aromatic rings. The molecule has 0 unspecified atom stereocenters. The quantitative estimate of drug-likeness (QED) is 0.341. The van der Waals surface area contributed by atoms with Gasteiger partial charge < -0.3 is 14.5 Å². The number of carbonyl (C=O) groups excluding carboxylic acids is 3. The predicted molar refractivity (Wildman–Crippen MR) is 110 cm³/mol. The van der Waals surface area contributed by atoms with E-state index in [0.29, 0.717) is 6.54 Å². The van der Waals surface area contributed by atoms with E-state index < -0.39 is 29.3 Å². The van der Waals surface area contributed by atoms with Crippen LogP contribution in [0.3, 0.4) is 0 Å².